The lowest BCUT2D eigenvalue weighted by molar-refractivity contribution is 0.156. The predicted octanol–water partition coefficient (Wildman–Crippen LogP) is 3.28. The van der Waals surface area contributed by atoms with Crippen molar-refractivity contribution in [3.8, 4) is 0 Å². The van der Waals surface area contributed by atoms with Gasteiger partial charge in [0.15, 0.2) is 0 Å². The van der Waals surface area contributed by atoms with Gasteiger partial charge in [-0.15, -0.1) is 11.3 Å². The molecular formula is C14H17NOS. The first-order valence-electron chi connectivity index (χ1n) is 6.15. The zero-order valence-corrected chi connectivity index (χ0v) is 10.8. The molecule has 3 rings (SSSR count). The van der Waals surface area contributed by atoms with Gasteiger partial charge in [-0.2, -0.15) is 0 Å². The van der Waals surface area contributed by atoms with Gasteiger partial charge in [0.2, 0.25) is 0 Å². The smallest absolute Gasteiger partial charge is 0.0807 e. The minimum Gasteiger partial charge on any atom is -0.388 e. The highest BCUT2D eigenvalue weighted by molar-refractivity contribution is 7.11. The van der Waals surface area contributed by atoms with Crippen molar-refractivity contribution in [2.75, 3.05) is 0 Å². The molecule has 3 heteroatoms. The molecule has 2 aromatic rings. The van der Waals surface area contributed by atoms with Crippen LogP contribution in [0.2, 0.25) is 0 Å². The van der Waals surface area contributed by atoms with Gasteiger partial charge in [-0.1, -0.05) is 0 Å². The Hall–Kier alpha value is -1.06. The van der Waals surface area contributed by atoms with Gasteiger partial charge in [0.05, 0.1) is 12.6 Å². The van der Waals surface area contributed by atoms with Crippen LogP contribution in [0.15, 0.2) is 24.4 Å². The highest BCUT2D eigenvalue weighted by Crippen LogP contribution is 2.31. The monoisotopic (exact) mass is 247 g/mol. The highest BCUT2D eigenvalue weighted by atomic mass is 32.1. The van der Waals surface area contributed by atoms with Crippen molar-refractivity contribution in [2.45, 2.75) is 38.8 Å². The van der Waals surface area contributed by atoms with E-state index in [2.05, 4.69) is 35.9 Å². The average molecular weight is 247 g/mol. The van der Waals surface area contributed by atoms with Crippen LogP contribution in [0.5, 0.6) is 0 Å². The number of hydrogen-bond donors (Lipinski definition) is 1. The van der Waals surface area contributed by atoms with E-state index in [1.54, 1.807) is 0 Å². The molecule has 0 aliphatic heterocycles. The molecule has 1 aliphatic carbocycles. The molecule has 2 aromatic heterocycles. The Morgan fingerprint density at radius 3 is 3.06 bits per heavy atom. The lowest BCUT2D eigenvalue weighted by Crippen LogP contribution is -2.12. The van der Waals surface area contributed by atoms with Gasteiger partial charge in [0.1, 0.15) is 0 Å². The van der Waals surface area contributed by atoms with E-state index in [0.717, 1.165) is 31.4 Å². The van der Waals surface area contributed by atoms with Gasteiger partial charge in [0.25, 0.3) is 0 Å². The van der Waals surface area contributed by atoms with Crippen molar-refractivity contribution in [3.05, 3.63) is 45.4 Å². The molecule has 17 heavy (non-hydrogen) atoms. The van der Waals surface area contributed by atoms with Crippen molar-refractivity contribution in [1.82, 2.24) is 4.57 Å². The van der Waals surface area contributed by atoms with Crippen LogP contribution in [0.25, 0.3) is 0 Å². The molecule has 0 saturated heterocycles. The van der Waals surface area contributed by atoms with Crippen molar-refractivity contribution < 1.29 is 5.11 Å². The summed E-state index contributed by atoms with van der Waals surface area (Å²) in [4.78, 5) is 2.75. The summed E-state index contributed by atoms with van der Waals surface area (Å²) in [7, 11) is 0. The van der Waals surface area contributed by atoms with Crippen molar-refractivity contribution >= 4 is 11.3 Å². The molecule has 90 valence electrons. The normalized spacial score (nSPS) is 19.3. The maximum atomic E-state index is 9.93. The number of rotatable bonds is 2. The van der Waals surface area contributed by atoms with Crippen LogP contribution in [-0.2, 0) is 13.0 Å². The minimum atomic E-state index is -0.245. The molecule has 0 saturated carbocycles. The zero-order valence-electron chi connectivity index (χ0n) is 10.0. The van der Waals surface area contributed by atoms with Crippen LogP contribution in [-0.4, -0.2) is 9.67 Å². The number of thiophene rings is 1. The van der Waals surface area contributed by atoms with E-state index in [1.165, 1.54) is 15.4 Å². The molecule has 0 spiro atoms. The van der Waals surface area contributed by atoms with E-state index >= 15 is 0 Å². The van der Waals surface area contributed by atoms with Crippen LogP contribution in [0.3, 0.4) is 0 Å². The first-order valence-corrected chi connectivity index (χ1v) is 6.97. The summed E-state index contributed by atoms with van der Waals surface area (Å²) in [5.41, 5.74) is 2.47. The Bertz CT molecular complexity index is 526. The number of aliphatic hydroxyl groups is 1. The third-order valence-corrected chi connectivity index (χ3v) is 4.47. The molecular weight excluding hydrogens is 230 g/mol. The molecule has 1 atom stereocenters. The Morgan fingerprint density at radius 2 is 2.29 bits per heavy atom. The summed E-state index contributed by atoms with van der Waals surface area (Å²) in [6.07, 6.45) is 4.99. The fraction of sp³-hybridized carbons (Fsp3) is 0.429. The van der Waals surface area contributed by atoms with E-state index in [9.17, 15) is 5.11 Å². The number of aryl methyl sites for hydroxylation is 1. The highest BCUT2D eigenvalue weighted by Gasteiger charge is 2.21. The molecule has 2 nitrogen and oxygen atoms in total. The summed E-state index contributed by atoms with van der Waals surface area (Å²) in [5, 5.41) is 9.93. The Balaban J connectivity index is 1.89. The standard InChI is InChI=1S/C14H17NOS/c1-10-5-6-11(17-10)9-15-8-7-12-13(15)3-2-4-14(12)16/h5-8,14,16H,2-4,9H2,1H3. The Morgan fingerprint density at radius 1 is 1.41 bits per heavy atom. The van der Waals surface area contributed by atoms with Gasteiger partial charge in [-0.25, -0.2) is 0 Å². The molecule has 0 radical (unpaired) electrons. The third-order valence-electron chi connectivity index (χ3n) is 3.49. The molecule has 1 unspecified atom stereocenters. The van der Waals surface area contributed by atoms with Gasteiger partial charge in [-0.3, -0.25) is 0 Å². The second-order valence-electron chi connectivity index (χ2n) is 4.77. The zero-order chi connectivity index (χ0) is 11.8. The topological polar surface area (TPSA) is 25.2 Å². The van der Waals surface area contributed by atoms with Gasteiger partial charge in [-0.05, 0) is 44.4 Å². The molecule has 0 aromatic carbocycles. The van der Waals surface area contributed by atoms with Gasteiger partial charge < -0.3 is 9.67 Å². The SMILES string of the molecule is Cc1ccc(Cn2ccc3c2CCCC3O)s1. The number of hydrogen-bond acceptors (Lipinski definition) is 2. The summed E-state index contributed by atoms with van der Waals surface area (Å²) < 4.78 is 2.29. The van der Waals surface area contributed by atoms with Crippen LogP contribution >= 0.6 is 11.3 Å². The summed E-state index contributed by atoms with van der Waals surface area (Å²) in [6, 6.07) is 6.45. The number of aromatic nitrogens is 1. The average Bonchev–Trinajstić information content (AvgIpc) is 2.88. The van der Waals surface area contributed by atoms with E-state index in [-0.39, 0.29) is 6.10 Å². The third kappa shape index (κ3) is 2.05. The molecule has 0 fully saturated rings. The van der Waals surface area contributed by atoms with E-state index < -0.39 is 0 Å². The van der Waals surface area contributed by atoms with Crippen LogP contribution in [0, 0.1) is 6.92 Å². The first-order chi connectivity index (χ1) is 8.24. The lowest BCUT2D eigenvalue weighted by Gasteiger charge is -2.19. The molecule has 0 amide bonds. The molecule has 2 heterocycles. The van der Waals surface area contributed by atoms with Crippen molar-refractivity contribution in [2.24, 2.45) is 0 Å². The number of fused-ring (bicyclic) bond motifs is 1. The summed E-state index contributed by atoms with van der Waals surface area (Å²) in [6.45, 7) is 3.09. The second-order valence-corrected chi connectivity index (χ2v) is 6.14. The van der Waals surface area contributed by atoms with E-state index in [0.29, 0.717) is 0 Å². The predicted molar refractivity (Wildman–Crippen MR) is 70.5 cm³/mol. The van der Waals surface area contributed by atoms with E-state index in [4.69, 9.17) is 0 Å². The quantitative estimate of drug-likeness (QED) is 0.865. The van der Waals surface area contributed by atoms with Crippen LogP contribution in [0.1, 0.15) is 40.0 Å². The Kier molecular flexibility index (Phi) is 2.81. The van der Waals surface area contributed by atoms with Crippen LogP contribution in [0.4, 0.5) is 0 Å². The first kappa shape index (κ1) is 11.1. The van der Waals surface area contributed by atoms with Gasteiger partial charge in [0, 0.05) is 27.2 Å². The summed E-state index contributed by atoms with van der Waals surface area (Å²) >= 11 is 1.85. The Labute approximate surface area is 106 Å². The number of nitrogens with zero attached hydrogens (tertiary/aromatic N) is 1. The lowest BCUT2D eigenvalue weighted by atomic mass is 9.95. The second kappa shape index (κ2) is 4.31. The molecule has 1 N–H and O–H groups in total. The molecule has 0 bridgehead atoms. The van der Waals surface area contributed by atoms with Gasteiger partial charge >= 0.3 is 0 Å². The fourth-order valence-corrected chi connectivity index (χ4v) is 3.51. The maximum absolute atomic E-state index is 9.93. The van der Waals surface area contributed by atoms with Crippen molar-refractivity contribution in [1.29, 1.82) is 0 Å². The number of aliphatic hydroxyl groups excluding tert-OH is 1. The summed E-state index contributed by atoms with van der Waals surface area (Å²) in [5.74, 6) is 0. The van der Waals surface area contributed by atoms with Crippen molar-refractivity contribution in [3.63, 3.8) is 0 Å². The fourth-order valence-electron chi connectivity index (χ4n) is 2.62. The van der Waals surface area contributed by atoms with Crippen LogP contribution < -0.4 is 0 Å². The maximum Gasteiger partial charge on any atom is 0.0807 e. The largest absolute Gasteiger partial charge is 0.388 e. The minimum absolute atomic E-state index is 0.245. The van der Waals surface area contributed by atoms with E-state index in [1.807, 2.05) is 11.3 Å². The molecule has 1 aliphatic rings.